The van der Waals surface area contributed by atoms with Crippen LogP contribution in [0.15, 0.2) is 36.5 Å². The highest BCUT2D eigenvalue weighted by Crippen LogP contribution is 2.37. The van der Waals surface area contributed by atoms with E-state index in [-0.39, 0.29) is 0 Å². The molecule has 5 rings (SSSR count). The first-order chi connectivity index (χ1) is 13.6. The Morgan fingerprint density at radius 3 is 2.79 bits per heavy atom. The van der Waals surface area contributed by atoms with E-state index in [2.05, 4.69) is 59.2 Å². The SMILES string of the molecule is CNc1cc(-c2cc(C)c3nn(C)cc3c2)cc2sc(C3=CCNCC3)nc12. The number of nitrogens with zero attached hydrogens (tertiary/aromatic N) is 3. The van der Waals surface area contributed by atoms with Gasteiger partial charge in [0.2, 0.25) is 0 Å². The average Bonchev–Trinajstić information content (AvgIpc) is 3.31. The number of hydrogen-bond acceptors (Lipinski definition) is 5. The van der Waals surface area contributed by atoms with Gasteiger partial charge in [-0.25, -0.2) is 4.98 Å². The van der Waals surface area contributed by atoms with E-state index in [4.69, 9.17) is 4.98 Å². The van der Waals surface area contributed by atoms with Crippen LogP contribution in [0.4, 0.5) is 5.69 Å². The van der Waals surface area contributed by atoms with E-state index in [1.807, 2.05) is 18.8 Å². The molecule has 0 aliphatic carbocycles. The fraction of sp³-hybridized carbons (Fsp3) is 0.273. The van der Waals surface area contributed by atoms with Crippen LogP contribution in [0.5, 0.6) is 0 Å². The molecule has 0 bridgehead atoms. The number of benzene rings is 2. The number of anilines is 1. The zero-order valence-corrected chi connectivity index (χ0v) is 17.2. The summed E-state index contributed by atoms with van der Waals surface area (Å²) in [6.45, 7) is 4.08. The fourth-order valence-electron chi connectivity index (χ4n) is 3.94. The van der Waals surface area contributed by atoms with Crippen molar-refractivity contribution >= 4 is 43.7 Å². The average molecular weight is 390 g/mol. The van der Waals surface area contributed by atoms with Gasteiger partial charge in [-0.2, -0.15) is 5.10 Å². The molecule has 0 spiro atoms. The van der Waals surface area contributed by atoms with Crippen LogP contribution in [0.1, 0.15) is 17.0 Å². The van der Waals surface area contributed by atoms with Crippen molar-refractivity contribution in [3.05, 3.63) is 47.1 Å². The van der Waals surface area contributed by atoms with E-state index in [0.29, 0.717) is 0 Å². The summed E-state index contributed by atoms with van der Waals surface area (Å²) in [6.07, 6.45) is 5.39. The van der Waals surface area contributed by atoms with Gasteiger partial charge in [-0.1, -0.05) is 6.08 Å². The molecule has 5 nitrogen and oxygen atoms in total. The monoisotopic (exact) mass is 389 g/mol. The highest BCUT2D eigenvalue weighted by molar-refractivity contribution is 7.19. The molecule has 0 saturated carbocycles. The predicted octanol–water partition coefficient (Wildman–Crippen LogP) is 4.58. The number of fused-ring (bicyclic) bond motifs is 2. The first-order valence-corrected chi connectivity index (χ1v) is 10.4. The van der Waals surface area contributed by atoms with E-state index >= 15 is 0 Å². The lowest BCUT2D eigenvalue weighted by molar-refractivity contribution is 0.738. The molecule has 6 heteroatoms. The molecule has 1 aliphatic rings. The molecular weight excluding hydrogens is 366 g/mol. The Kier molecular flexibility index (Phi) is 4.18. The number of hydrogen-bond donors (Lipinski definition) is 2. The van der Waals surface area contributed by atoms with Crippen LogP contribution >= 0.6 is 11.3 Å². The third-order valence-corrected chi connectivity index (χ3v) is 6.43. The van der Waals surface area contributed by atoms with Gasteiger partial charge in [0.15, 0.2) is 0 Å². The van der Waals surface area contributed by atoms with E-state index in [0.717, 1.165) is 41.2 Å². The molecule has 28 heavy (non-hydrogen) atoms. The molecule has 4 aromatic rings. The Hall–Kier alpha value is -2.70. The molecule has 0 amide bonds. The molecule has 0 atom stereocenters. The number of rotatable bonds is 3. The van der Waals surface area contributed by atoms with Crippen molar-refractivity contribution in [1.29, 1.82) is 0 Å². The van der Waals surface area contributed by atoms with E-state index in [1.54, 1.807) is 11.3 Å². The molecule has 3 heterocycles. The van der Waals surface area contributed by atoms with E-state index in [1.165, 1.54) is 32.3 Å². The second-order valence-corrected chi connectivity index (χ2v) is 8.39. The van der Waals surface area contributed by atoms with Gasteiger partial charge in [0.1, 0.15) is 10.5 Å². The van der Waals surface area contributed by atoms with Gasteiger partial charge in [0.25, 0.3) is 0 Å². The largest absolute Gasteiger partial charge is 0.386 e. The van der Waals surface area contributed by atoms with Crippen LogP contribution in [-0.4, -0.2) is 34.9 Å². The topological polar surface area (TPSA) is 54.8 Å². The number of thiazole rings is 1. The first kappa shape index (κ1) is 17.4. The van der Waals surface area contributed by atoms with Crippen molar-refractivity contribution in [3.8, 4) is 11.1 Å². The Bertz CT molecular complexity index is 1230. The number of aryl methyl sites for hydroxylation is 2. The highest BCUT2D eigenvalue weighted by atomic mass is 32.1. The molecule has 2 N–H and O–H groups in total. The van der Waals surface area contributed by atoms with Gasteiger partial charge in [0.05, 0.1) is 15.9 Å². The smallest absolute Gasteiger partial charge is 0.120 e. The van der Waals surface area contributed by atoms with Crippen molar-refractivity contribution in [2.45, 2.75) is 13.3 Å². The summed E-state index contributed by atoms with van der Waals surface area (Å²) in [5.74, 6) is 0. The normalized spacial score (nSPS) is 14.6. The van der Waals surface area contributed by atoms with Crippen LogP contribution < -0.4 is 10.6 Å². The summed E-state index contributed by atoms with van der Waals surface area (Å²) < 4.78 is 3.10. The quantitative estimate of drug-likeness (QED) is 0.539. The minimum atomic E-state index is 0.930. The molecule has 0 radical (unpaired) electrons. The third-order valence-electron chi connectivity index (χ3n) is 5.35. The lowest BCUT2D eigenvalue weighted by Crippen LogP contribution is -2.19. The Morgan fingerprint density at radius 2 is 2.00 bits per heavy atom. The van der Waals surface area contributed by atoms with E-state index < -0.39 is 0 Å². The molecule has 0 saturated heterocycles. The maximum absolute atomic E-state index is 4.96. The molecule has 0 unspecified atom stereocenters. The minimum Gasteiger partial charge on any atom is -0.386 e. The summed E-state index contributed by atoms with van der Waals surface area (Å²) in [5, 5.41) is 13.6. The molecule has 0 fully saturated rings. The maximum atomic E-state index is 4.96. The van der Waals surface area contributed by atoms with Gasteiger partial charge in [-0.15, -0.1) is 11.3 Å². The van der Waals surface area contributed by atoms with E-state index in [9.17, 15) is 0 Å². The van der Waals surface area contributed by atoms with Crippen molar-refractivity contribution < 1.29 is 0 Å². The van der Waals surface area contributed by atoms with Gasteiger partial charge in [0, 0.05) is 32.2 Å². The van der Waals surface area contributed by atoms with Gasteiger partial charge < -0.3 is 10.6 Å². The van der Waals surface area contributed by atoms with Crippen molar-refractivity contribution in [2.24, 2.45) is 7.05 Å². The summed E-state index contributed by atoms with van der Waals surface area (Å²) in [4.78, 5) is 4.96. The maximum Gasteiger partial charge on any atom is 0.120 e. The second kappa shape index (κ2) is 6.72. The van der Waals surface area contributed by atoms with Crippen molar-refractivity contribution in [2.75, 3.05) is 25.5 Å². The van der Waals surface area contributed by atoms with Crippen molar-refractivity contribution in [1.82, 2.24) is 20.1 Å². The predicted molar refractivity (Wildman–Crippen MR) is 119 cm³/mol. The summed E-state index contributed by atoms with van der Waals surface area (Å²) in [6, 6.07) is 8.94. The van der Waals surface area contributed by atoms with Crippen LogP contribution in [0.3, 0.4) is 0 Å². The second-order valence-electron chi connectivity index (χ2n) is 7.36. The number of nitrogens with one attached hydrogen (secondary N) is 2. The Balaban J connectivity index is 1.66. The summed E-state index contributed by atoms with van der Waals surface area (Å²) in [5.41, 5.74) is 8.19. The number of aromatic nitrogens is 3. The van der Waals surface area contributed by atoms with Gasteiger partial charge >= 0.3 is 0 Å². The Morgan fingerprint density at radius 1 is 1.14 bits per heavy atom. The lowest BCUT2D eigenvalue weighted by atomic mass is 10.0. The van der Waals surface area contributed by atoms with Crippen LogP contribution in [0.2, 0.25) is 0 Å². The first-order valence-electron chi connectivity index (χ1n) is 9.59. The standard InChI is InChI=1S/C22H23N5S/c1-13-8-15(9-17-12-27(3)26-20(13)17)16-10-18(23-2)21-19(11-16)28-22(25-21)14-4-6-24-7-5-14/h4,8-12,23-24H,5-7H2,1-3H3. The minimum absolute atomic E-state index is 0.930. The zero-order valence-electron chi connectivity index (χ0n) is 16.3. The van der Waals surface area contributed by atoms with Crippen LogP contribution in [-0.2, 0) is 7.05 Å². The molecule has 2 aromatic heterocycles. The molecular formula is C22H23N5S. The van der Waals surface area contributed by atoms with Crippen molar-refractivity contribution in [3.63, 3.8) is 0 Å². The molecule has 2 aromatic carbocycles. The third kappa shape index (κ3) is 2.89. The van der Waals surface area contributed by atoms with Crippen LogP contribution in [0, 0.1) is 6.92 Å². The summed E-state index contributed by atoms with van der Waals surface area (Å²) >= 11 is 1.79. The zero-order chi connectivity index (χ0) is 19.3. The molecule has 1 aliphatic heterocycles. The fourth-order valence-corrected chi connectivity index (χ4v) is 5.04. The molecule has 142 valence electrons. The Labute approximate surface area is 168 Å². The van der Waals surface area contributed by atoms with Gasteiger partial charge in [-0.05, 0) is 66.4 Å². The summed E-state index contributed by atoms with van der Waals surface area (Å²) in [7, 11) is 3.94. The lowest BCUT2D eigenvalue weighted by Gasteiger charge is -2.11. The highest BCUT2D eigenvalue weighted by Gasteiger charge is 2.15. The van der Waals surface area contributed by atoms with Crippen LogP contribution in [0.25, 0.3) is 37.8 Å². The van der Waals surface area contributed by atoms with Gasteiger partial charge in [-0.3, -0.25) is 4.68 Å².